The highest BCUT2D eigenvalue weighted by Crippen LogP contribution is 2.12. The van der Waals surface area contributed by atoms with Gasteiger partial charge in [0.05, 0.1) is 0 Å². The normalized spacial score (nSPS) is 9.12. The van der Waals surface area contributed by atoms with E-state index >= 15 is 0 Å². The molecule has 0 N–H and O–H groups in total. The molecule has 4 heteroatoms. The predicted molar refractivity (Wildman–Crippen MR) is 68.9 cm³/mol. The molecular weight excluding hydrogens is 216 g/mol. The average molecular weight is 236 g/mol. The lowest BCUT2D eigenvalue weighted by Gasteiger charge is -2.30. The van der Waals surface area contributed by atoms with Gasteiger partial charge in [0.25, 0.3) is 11.8 Å². The van der Waals surface area contributed by atoms with Gasteiger partial charge in [-0.25, -0.2) is 0 Å². The molecule has 0 aromatic rings. The average Bonchev–Trinajstić information content (AvgIpc) is 2.37. The van der Waals surface area contributed by atoms with Crippen LogP contribution < -0.4 is 0 Å². The molecule has 0 heterocycles. The van der Waals surface area contributed by atoms with Crippen molar-refractivity contribution in [2.75, 3.05) is 13.1 Å². The molecule has 0 aliphatic carbocycles. The first-order valence-corrected chi connectivity index (χ1v) is 5.61. The van der Waals surface area contributed by atoms with Crippen LogP contribution in [0.4, 0.5) is 0 Å². The SMILES string of the molecule is C=CC(=O)N(CC)C(=CC)N(CC)C(=O)C=C. The van der Waals surface area contributed by atoms with E-state index in [1.165, 1.54) is 22.0 Å². The molecule has 0 aromatic heterocycles. The van der Waals surface area contributed by atoms with Gasteiger partial charge >= 0.3 is 0 Å². The van der Waals surface area contributed by atoms with E-state index in [1.54, 1.807) is 13.0 Å². The topological polar surface area (TPSA) is 40.6 Å². The molecule has 0 aliphatic heterocycles. The molecule has 0 rings (SSSR count). The Balaban J connectivity index is 5.29. The minimum atomic E-state index is -0.226. The highest BCUT2D eigenvalue weighted by Gasteiger charge is 2.21. The van der Waals surface area contributed by atoms with Crippen molar-refractivity contribution in [3.05, 3.63) is 37.2 Å². The van der Waals surface area contributed by atoms with Crippen LogP contribution in [-0.2, 0) is 9.59 Å². The van der Waals surface area contributed by atoms with Gasteiger partial charge in [0.15, 0.2) is 0 Å². The molecule has 0 saturated heterocycles. The summed E-state index contributed by atoms with van der Waals surface area (Å²) in [5, 5.41) is 0. The van der Waals surface area contributed by atoms with Crippen molar-refractivity contribution >= 4 is 11.8 Å². The van der Waals surface area contributed by atoms with Gasteiger partial charge in [0.1, 0.15) is 5.82 Å². The van der Waals surface area contributed by atoms with E-state index in [4.69, 9.17) is 0 Å². The first-order valence-electron chi connectivity index (χ1n) is 5.61. The van der Waals surface area contributed by atoms with Gasteiger partial charge in [-0.1, -0.05) is 13.2 Å². The summed E-state index contributed by atoms with van der Waals surface area (Å²) in [6.07, 6.45) is 4.20. The maximum Gasteiger partial charge on any atom is 0.251 e. The lowest BCUT2D eigenvalue weighted by atomic mass is 10.3. The number of carbonyl (C=O) groups excluding carboxylic acids is 2. The van der Waals surface area contributed by atoms with Gasteiger partial charge in [0, 0.05) is 13.1 Å². The quantitative estimate of drug-likeness (QED) is 0.661. The third kappa shape index (κ3) is 3.59. The second kappa shape index (κ2) is 7.44. The van der Waals surface area contributed by atoms with Crippen LogP contribution in [0.5, 0.6) is 0 Å². The molecule has 17 heavy (non-hydrogen) atoms. The molecule has 2 amide bonds. The molecule has 0 radical (unpaired) electrons. The summed E-state index contributed by atoms with van der Waals surface area (Å²) in [4.78, 5) is 26.4. The van der Waals surface area contributed by atoms with Crippen LogP contribution in [-0.4, -0.2) is 34.7 Å². The van der Waals surface area contributed by atoms with Crippen LogP contribution in [0.25, 0.3) is 0 Å². The number of likely N-dealkylation sites (N-methyl/N-ethyl adjacent to an activating group) is 2. The number of nitrogens with zero attached hydrogens (tertiary/aromatic N) is 2. The standard InChI is InChI=1S/C13H20N2O2/c1-6-11(14(9-4)12(16)7-2)15(10-5)13(17)8-3/h6-8H,2-3,9-10H2,1,4-5H3. The minimum absolute atomic E-state index is 0.226. The molecule has 0 atom stereocenters. The number of allylic oxidation sites excluding steroid dienone is 1. The smallest absolute Gasteiger partial charge is 0.251 e. The lowest BCUT2D eigenvalue weighted by molar-refractivity contribution is -0.129. The van der Waals surface area contributed by atoms with Crippen LogP contribution in [0, 0.1) is 0 Å². The zero-order valence-corrected chi connectivity index (χ0v) is 10.8. The van der Waals surface area contributed by atoms with Crippen molar-refractivity contribution in [1.29, 1.82) is 0 Å². The zero-order valence-electron chi connectivity index (χ0n) is 10.8. The Morgan fingerprint density at radius 1 is 1.00 bits per heavy atom. The summed E-state index contributed by atoms with van der Waals surface area (Å²) in [5.74, 6) is 0.108. The fourth-order valence-corrected chi connectivity index (χ4v) is 1.54. The van der Waals surface area contributed by atoms with Crippen molar-refractivity contribution in [3.63, 3.8) is 0 Å². The van der Waals surface area contributed by atoms with Gasteiger partial charge in [-0.2, -0.15) is 0 Å². The summed E-state index contributed by atoms with van der Waals surface area (Å²) < 4.78 is 0. The van der Waals surface area contributed by atoms with Crippen molar-refractivity contribution < 1.29 is 9.59 Å². The first kappa shape index (κ1) is 15.2. The Morgan fingerprint density at radius 2 is 1.35 bits per heavy atom. The van der Waals surface area contributed by atoms with E-state index in [0.29, 0.717) is 18.9 Å². The van der Waals surface area contributed by atoms with Crippen molar-refractivity contribution in [1.82, 2.24) is 9.80 Å². The fourth-order valence-electron chi connectivity index (χ4n) is 1.54. The minimum Gasteiger partial charge on any atom is -0.295 e. The second-order valence-electron chi connectivity index (χ2n) is 3.22. The Morgan fingerprint density at radius 3 is 1.53 bits per heavy atom. The van der Waals surface area contributed by atoms with E-state index in [2.05, 4.69) is 13.2 Å². The third-order valence-electron chi connectivity index (χ3n) is 2.33. The number of hydrogen-bond donors (Lipinski definition) is 0. The summed E-state index contributed by atoms with van der Waals surface area (Å²) in [5.41, 5.74) is 0. The fraction of sp³-hybridized carbons (Fsp3) is 0.385. The monoisotopic (exact) mass is 236 g/mol. The first-order chi connectivity index (χ1) is 8.06. The Hall–Kier alpha value is -1.84. The Bertz CT molecular complexity index is 315. The highest BCUT2D eigenvalue weighted by atomic mass is 16.2. The van der Waals surface area contributed by atoms with Crippen LogP contribution in [0.1, 0.15) is 20.8 Å². The van der Waals surface area contributed by atoms with Crippen molar-refractivity contribution in [2.45, 2.75) is 20.8 Å². The van der Waals surface area contributed by atoms with Gasteiger partial charge in [-0.3, -0.25) is 19.4 Å². The summed E-state index contributed by atoms with van der Waals surface area (Å²) in [6.45, 7) is 13.3. The van der Waals surface area contributed by atoms with Crippen molar-refractivity contribution in [2.24, 2.45) is 0 Å². The second-order valence-corrected chi connectivity index (χ2v) is 3.22. The number of amides is 2. The van der Waals surface area contributed by atoms with Crippen LogP contribution in [0.2, 0.25) is 0 Å². The maximum atomic E-state index is 11.7. The Labute approximate surface area is 103 Å². The number of carbonyl (C=O) groups is 2. The number of hydrogen-bond acceptors (Lipinski definition) is 2. The molecular formula is C13H20N2O2. The molecule has 0 aliphatic rings. The zero-order chi connectivity index (χ0) is 13.4. The molecule has 0 unspecified atom stereocenters. The summed E-state index contributed by atoms with van der Waals surface area (Å²) in [7, 11) is 0. The Kier molecular flexibility index (Phi) is 6.63. The molecule has 0 aromatic carbocycles. The van der Waals surface area contributed by atoms with Gasteiger partial charge in [-0.15, -0.1) is 0 Å². The molecule has 0 fully saturated rings. The molecule has 4 nitrogen and oxygen atoms in total. The van der Waals surface area contributed by atoms with E-state index in [0.717, 1.165) is 0 Å². The van der Waals surface area contributed by atoms with Gasteiger partial charge in [0.2, 0.25) is 0 Å². The van der Waals surface area contributed by atoms with Crippen LogP contribution in [0.15, 0.2) is 37.2 Å². The largest absolute Gasteiger partial charge is 0.295 e. The molecule has 0 saturated carbocycles. The van der Waals surface area contributed by atoms with E-state index in [1.807, 2.05) is 13.8 Å². The summed E-state index contributed by atoms with van der Waals surface area (Å²) in [6, 6.07) is 0. The lowest BCUT2D eigenvalue weighted by Crippen LogP contribution is -2.40. The molecule has 94 valence electrons. The molecule has 0 spiro atoms. The maximum absolute atomic E-state index is 11.7. The predicted octanol–water partition coefficient (Wildman–Crippen LogP) is 1.92. The van der Waals surface area contributed by atoms with E-state index in [-0.39, 0.29) is 11.8 Å². The van der Waals surface area contributed by atoms with E-state index < -0.39 is 0 Å². The molecule has 0 bridgehead atoms. The van der Waals surface area contributed by atoms with Crippen molar-refractivity contribution in [3.8, 4) is 0 Å². The van der Waals surface area contributed by atoms with E-state index in [9.17, 15) is 9.59 Å². The van der Waals surface area contributed by atoms with Crippen LogP contribution in [0.3, 0.4) is 0 Å². The van der Waals surface area contributed by atoms with Crippen LogP contribution >= 0.6 is 0 Å². The third-order valence-corrected chi connectivity index (χ3v) is 2.33. The van der Waals surface area contributed by atoms with Gasteiger partial charge in [-0.05, 0) is 39.0 Å². The number of rotatable bonds is 6. The highest BCUT2D eigenvalue weighted by molar-refractivity contribution is 5.91. The summed E-state index contributed by atoms with van der Waals surface area (Å²) >= 11 is 0. The van der Waals surface area contributed by atoms with Gasteiger partial charge < -0.3 is 0 Å².